The second-order valence-corrected chi connectivity index (χ2v) is 5.27. The summed E-state index contributed by atoms with van der Waals surface area (Å²) in [5, 5.41) is 10.8. The van der Waals surface area contributed by atoms with E-state index in [1.807, 2.05) is 18.2 Å². The van der Waals surface area contributed by atoms with Gasteiger partial charge in [-0.15, -0.1) is 10.2 Å². The van der Waals surface area contributed by atoms with Crippen molar-refractivity contribution in [2.45, 2.75) is 6.42 Å². The lowest BCUT2D eigenvalue weighted by atomic mass is 10.1. The molecule has 100 valence electrons. The third-order valence-electron chi connectivity index (χ3n) is 3.61. The molecule has 0 aliphatic carbocycles. The molecule has 5 heteroatoms. The van der Waals surface area contributed by atoms with Gasteiger partial charge in [0.05, 0.1) is 6.61 Å². The zero-order valence-corrected chi connectivity index (χ0v) is 11.6. The third kappa shape index (κ3) is 2.38. The quantitative estimate of drug-likeness (QED) is 0.865. The van der Waals surface area contributed by atoms with Gasteiger partial charge in [-0.2, -0.15) is 0 Å². The first-order valence-corrected chi connectivity index (χ1v) is 6.82. The van der Waals surface area contributed by atoms with Crippen LogP contribution in [-0.2, 0) is 4.74 Å². The van der Waals surface area contributed by atoms with Crippen molar-refractivity contribution in [2.75, 3.05) is 31.7 Å². The highest BCUT2D eigenvalue weighted by atomic mass is 35.5. The van der Waals surface area contributed by atoms with Crippen LogP contribution in [-0.4, -0.2) is 37.0 Å². The molecular weight excluding hydrogens is 262 g/mol. The van der Waals surface area contributed by atoms with Crippen molar-refractivity contribution in [1.29, 1.82) is 0 Å². The maximum absolute atomic E-state index is 6.10. The second-order valence-electron chi connectivity index (χ2n) is 4.92. The summed E-state index contributed by atoms with van der Waals surface area (Å²) in [5.74, 6) is 1.50. The Morgan fingerprint density at radius 1 is 1.32 bits per heavy atom. The zero-order valence-electron chi connectivity index (χ0n) is 10.8. The minimum absolute atomic E-state index is 0.465. The van der Waals surface area contributed by atoms with Crippen LogP contribution in [0.25, 0.3) is 10.8 Å². The van der Waals surface area contributed by atoms with E-state index in [1.54, 1.807) is 7.11 Å². The van der Waals surface area contributed by atoms with E-state index in [0.717, 1.165) is 42.7 Å². The van der Waals surface area contributed by atoms with Crippen LogP contribution in [0.3, 0.4) is 0 Å². The summed E-state index contributed by atoms with van der Waals surface area (Å²) < 4.78 is 5.23. The Kier molecular flexibility index (Phi) is 3.53. The molecule has 1 saturated heterocycles. The fourth-order valence-corrected chi connectivity index (χ4v) is 2.89. The predicted octanol–water partition coefficient (Wildman–Crippen LogP) is 2.76. The molecule has 0 amide bonds. The molecule has 0 radical (unpaired) electrons. The lowest BCUT2D eigenvalue weighted by Crippen LogP contribution is -2.22. The van der Waals surface area contributed by atoms with Gasteiger partial charge in [-0.1, -0.05) is 35.9 Å². The second kappa shape index (κ2) is 5.31. The van der Waals surface area contributed by atoms with Gasteiger partial charge in [0.1, 0.15) is 0 Å². The molecule has 3 rings (SSSR count). The van der Waals surface area contributed by atoms with E-state index in [-0.39, 0.29) is 0 Å². The minimum atomic E-state index is 0.465. The number of hydrogen-bond donors (Lipinski definition) is 0. The highest BCUT2D eigenvalue weighted by Gasteiger charge is 2.25. The fourth-order valence-electron chi connectivity index (χ4n) is 2.69. The molecule has 2 heterocycles. The molecule has 1 aliphatic heterocycles. The highest BCUT2D eigenvalue weighted by Crippen LogP contribution is 2.31. The van der Waals surface area contributed by atoms with Crippen molar-refractivity contribution < 1.29 is 4.74 Å². The Morgan fingerprint density at radius 2 is 2.11 bits per heavy atom. The first-order valence-electron chi connectivity index (χ1n) is 6.44. The molecule has 1 fully saturated rings. The molecule has 1 aromatic heterocycles. The Balaban J connectivity index is 1.96. The summed E-state index contributed by atoms with van der Waals surface area (Å²) in [6, 6.07) is 8.01. The molecule has 0 N–H and O–H groups in total. The van der Waals surface area contributed by atoms with E-state index < -0.39 is 0 Å². The zero-order chi connectivity index (χ0) is 13.2. The normalized spacial score (nSPS) is 19.3. The number of hydrogen-bond acceptors (Lipinski definition) is 4. The molecular formula is C14H16ClN3O. The Morgan fingerprint density at radius 3 is 2.89 bits per heavy atom. The van der Waals surface area contributed by atoms with E-state index in [2.05, 4.69) is 21.2 Å². The van der Waals surface area contributed by atoms with Crippen molar-refractivity contribution in [3.05, 3.63) is 29.4 Å². The van der Waals surface area contributed by atoms with Gasteiger partial charge in [0.15, 0.2) is 11.0 Å². The van der Waals surface area contributed by atoms with E-state index >= 15 is 0 Å². The maximum Gasteiger partial charge on any atom is 0.159 e. The molecule has 2 aromatic rings. The molecule has 1 atom stereocenters. The number of anilines is 1. The molecule has 0 spiro atoms. The average molecular weight is 278 g/mol. The molecule has 4 nitrogen and oxygen atoms in total. The van der Waals surface area contributed by atoms with Gasteiger partial charge in [-0.3, -0.25) is 0 Å². The number of fused-ring (bicyclic) bond motifs is 1. The highest BCUT2D eigenvalue weighted by molar-refractivity contribution is 6.34. The van der Waals surface area contributed by atoms with Crippen LogP contribution in [0.15, 0.2) is 24.3 Å². The van der Waals surface area contributed by atoms with Crippen LogP contribution in [0.2, 0.25) is 5.15 Å². The molecule has 1 aliphatic rings. The van der Waals surface area contributed by atoms with Crippen LogP contribution in [0.1, 0.15) is 6.42 Å². The molecule has 0 bridgehead atoms. The summed E-state index contributed by atoms with van der Waals surface area (Å²) in [4.78, 5) is 2.27. The standard InChI is InChI=1S/C14H16ClN3O/c1-19-9-10-6-7-18(8-10)14-12-5-3-2-4-11(12)13(15)16-17-14/h2-5,10H,6-9H2,1H3. The summed E-state index contributed by atoms with van der Waals surface area (Å²) in [6.45, 7) is 2.76. The van der Waals surface area contributed by atoms with E-state index in [9.17, 15) is 0 Å². The van der Waals surface area contributed by atoms with Crippen LogP contribution < -0.4 is 4.90 Å². The van der Waals surface area contributed by atoms with E-state index in [1.165, 1.54) is 0 Å². The third-order valence-corrected chi connectivity index (χ3v) is 3.89. The molecule has 1 unspecified atom stereocenters. The van der Waals surface area contributed by atoms with Crippen LogP contribution in [0.4, 0.5) is 5.82 Å². The van der Waals surface area contributed by atoms with Crippen molar-refractivity contribution in [2.24, 2.45) is 5.92 Å². The number of halogens is 1. The summed E-state index contributed by atoms with van der Waals surface area (Å²) in [5.41, 5.74) is 0. The summed E-state index contributed by atoms with van der Waals surface area (Å²) in [6.07, 6.45) is 1.13. The predicted molar refractivity (Wildman–Crippen MR) is 76.7 cm³/mol. The fraction of sp³-hybridized carbons (Fsp3) is 0.429. The number of methoxy groups -OCH3 is 1. The smallest absolute Gasteiger partial charge is 0.159 e. The Bertz CT molecular complexity index is 590. The number of nitrogens with zero attached hydrogens (tertiary/aromatic N) is 3. The van der Waals surface area contributed by atoms with Crippen LogP contribution >= 0.6 is 11.6 Å². The Hall–Kier alpha value is -1.39. The van der Waals surface area contributed by atoms with Gasteiger partial charge in [-0.25, -0.2) is 0 Å². The summed E-state index contributed by atoms with van der Waals surface area (Å²) >= 11 is 6.10. The average Bonchev–Trinajstić information content (AvgIpc) is 2.88. The number of ether oxygens (including phenoxy) is 1. The van der Waals surface area contributed by atoms with Crippen LogP contribution in [0.5, 0.6) is 0 Å². The molecule has 19 heavy (non-hydrogen) atoms. The first-order chi connectivity index (χ1) is 9.29. The van der Waals surface area contributed by atoms with Gasteiger partial charge in [0, 0.05) is 36.9 Å². The number of rotatable bonds is 3. The lowest BCUT2D eigenvalue weighted by molar-refractivity contribution is 0.161. The summed E-state index contributed by atoms with van der Waals surface area (Å²) in [7, 11) is 1.75. The van der Waals surface area contributed by atoms with Crippen molar-refractivity contribution in [3.63, 3.8) is 0 Å². The van der Waals surface area contributed by atoms with Gasteiger partial charge in [0.2, 0.25) is 0 Å². The number of aromatic nitrogens is 2. The Labute approximate surface area is 117 Å². The minimum Gasteiger partial charge on any atom is -0.384 e. The van der Waals surface area contributed by atoms with Crippen molar-refractivity contribution in [1.82, 2.24) is 10.2 Å². The van der Waals surface area contributed by atoms with Gasteiger partial charge in [-0.05, 0) is 6.42 Å². The van der Waals surface area contributed by atoms with Crippen LogP contribution in [0, 0.1) is 5.92 Å². The maximum atomic E-state index is 6.10. The number of benzene rings is 1. The topological polar surface area (TPSA) is 38.2 Å². The van der Waals surface area contributed by atoms with E-state index in [4.69, 9.17) is 16.3 Å². The largest absolute Gasteiger partial charge is 0.384 e. The lowest BCUT2D eigenvalue weighted by Gasteiger charge is -2.18. The van der Waals surface area contributed by atoms with E-state index in [0.29, 0.717) is 11.1 Å². The first kappa shape index (κ1) is 12.6. The van der Waals surface area contributed by atoms with Crippen molar-refractivity contribution >= 4 is 28.2 Å². The molecule has 0 saturated carbocycles. The van der Waals surface area contributed by atoms with Gasteiger partial charge in [0.25, 0.3) is 0 Å². The van der Waals surface area contributed by atoms with Gasteiger partial charge >= 0.3 is 0 Å². The van der Waals surface area contributed by atoms with Gasteiger partial charge < -0.3 is 9.64 Å². The molecule has 1 aromatic carbocycles. The van der Waals surface area contributed by atoms with Crippen molar-refractivity contribution in [3.8, 4) is 0 Å². The monoisotopic (exact) mass is 277 g/mol. The SMILES string of the molecule is COCC1CCN(c2nnc(Cl)c3ccccc23)C1.